The molecular formula is C13H21N. The van der Waals surface area contributed by atoms with E-state index in [0.29, 0.717) is 0 Å². The van der Waals surface area contributed by atoms with Crippen LogP contribution in [0.3, 0.4) is 0 Å². The zero-order valence-electron chi connectivity index (χ0n) is 9.67. The first-order valence-corrected chi connectivity index (χ1v) is 5.17. The summed E-state index contributed by atoms with van der Waals surface area (Å²) in [5, 5.41) is 0. The van der Waals surface area contributed by atoms with Gasteiger partial charge in [0.25, 0.3) is 0 Å². The molecule has 1 unspecified atom stereocenters. The second kappa shape index (κ2) is 3.74. The smallest absolute Gasteiger partial charge is 0.0221 e. The second-order valence-electron chi connectivity index (χ2n) is 4.98. The molecule has 0 aromatic heterocycles. The lowest BCUT2D eigenvalue weighted by molar-refractivity contribution is 0.312. The molecule has 1 atom stereocenters. The molecule has 1 rings (SSSR count). The average molecular weight is 191 g/mol. The Morgan fingerprint density at radius 3 is 2.57 bits per heavy atom. The van der Waals surface area contributed by atoms with Crippen LogP contribution in [-0.4, -0.2) is 5.54 Å². The summed E-state index contributed by atoms with van der Waals surface area (Å²) in [4.78, 5) is 0. The van der Waals surface area contributed by atoms with E-state index < -0.39 is 0 Å². The van der Waals surface area contributed by atoms with Crippen molar-refractivity contribution in [2.45, 2.75) is 39.7 Å². The minimum atomic E-state index is -0.223. The van der Waals surface area contributed by atoms with E-state index in [2.05, 4.69) is 58.1 Å². The van der Waals surface area contributed by atoms with Crippen molar-refractivity contribution in [1.82, 2.24) is 0 Å². The van der Waals surface area contributed by atoms with Gasteiger partial charge in [0.15, 0.2) is 0 Å². The predicted octanol–water partition coefficient (Wildman–Crippen LogP) is 3.19. The average Bonchev–Trinajstić information content (AvgIpc) is 1.99. The summed E-state index contributed by atoms with van der Waals surface area (Å²) in [7, 11) is 0. The lowest BCUT2D eigenvalue weighted by atomic mass is 9.72. The fourth-order valence-corrected chi connectivity index (χ4v) is 1.46. The van der Waals surface area contributed by atoms with Gasteiger partial charge in [0.05, 0.1) is 0 Å². The molecule has 1 heteroatoms. The molecule has 0 aromatic rings. The minimum Gasteiger partial charge on any atom is -0.325 e. The molecular weight excluding hydrogens is 170 g/mol. The van der Waals surface area contributed by atoms with Crippen molar-refractivity contribution >= 4 is 0 Å². The zero-order valence-corrected chi connectivity index (χ0v) is 9.67. The fraction of sp³-hybridized carbons (Fsp3) is 0.538. The van der Waals surface area contributed by atoms with E-state index in [-0.39, 0.29) is 11.0 Å². The molecule has 0 heterocycles. The SMILES string of the molecule is CC1=C/C=C\C(C)(C(C)(C)N)/C=C\C1. The highest BCUT2D eigenvalue weighted by Gasteiger charge is 2.33. The number of allylic oxidation sites excluding steroid dienone is 4. The molecule has 0 radical (unpaired) electrons. The van der Waals surface area contributed by atoms with Crippen LogP contribution < -0.4 is 5.73 Å². The summed E-state index contributed by atoms with van der Waals surface area (Å²) < 4.78 is 0. The molecule has 14 heavy (non-hydrogen) atoms. The van der Waals surface area contributed by atoms with Crippen LogP contribution >= 0.6 is 0 Å². The predicted molar refractivity (Wildman–Crippen MR) is 63.0 cm³/mol. The fourth-order valence-electron chi connectivity index (χ4n) is 1.46. The van der Waals surface area contributed by atoms with Crippen molar-refractivity contribution in [3.63, 3.8) is 0 Å². The van der Waals surface area contributed by atoms with Crippen LogP contribution in [0.1, 0.15) is 34.1 Å². The Bertz CT molecular complexity index is 289. The van der Waals surface area contributed by atoms with Crippen LogP contribution in [0.25, 0.3) is 0 Å². The van der Waals surface area contributed by atoms with E-state index in [1.807, 2.05) is 0 Å². The van der Waals surface area contributed by atoms with Gasteiger partial charge in [-0.25, -0.2) is 0 Å². The molecule has 0 amide bonds. The van der Waals surface area contributed by atoms with Crippen molar-refractivity contribution < 1.29 is 0 Å². The lowest BCUT2D eigenvalue weighted by Crippen LogP contribution is -2.46. The van der Waals surface area contributed by atoms with Gasteiger partial charge in [-0.1, -0.05) is 42.9 Å². The molecule has 0 aromatic carbocycles. The summed E-state index contributed by atoms with van der Waals surface area (Å²) in [6.07, 6.45) is 11.9. The van der Waals surface area contributed by atoms with Crippen LogP contribution in [0, 0.1) is 5.41 Å². The molecule has 1 aliphatic rings. The van der Waals surface area contributed by atoms with Gasteiger partial charge in [-0.05, 0) is 27.2 Å². The molecule has 2 N–H and O–H groups in total. The van der Waals surface area contributed by atoms with Crippen molar-refractivity contribution in [3.8, 4) is 0 Å². The standard InChI is InChI=1S/C13H21N/c1-11-7-5-9-13(4,10-6-8-11)12(2,3)14/h5-7,9-10H,8,14H2,1-4H3/b9-5-,10-6-,11-7?. The summed E-state index contributed by atoms with van der Waals surface area (Å²) in [6.45, 7) is 8.46. The van der Waals surface area contributed by atoms with Crippen LogP contribution in [0.4, 0.5) is 0 Å². The van der Waals surface area contributed by atoms with Crippen LogP contribution in [-0.2, 0) is 0 Å². The Balaban J connectivity index is 3.03. The summed E-state index contributed by atoms with van der Waals surface area (Å²) in [5.41, 5.74) is 7.29. The summed E-state index contributed by atoms with van der Waals surface area (Å²) >= 11 is 0. The van der Waals surface area contributed by atoms with Gasteiger partial charge in [-0.2, -0.15) is 0 Å². The van der Waals surface area contributed by atoms with Crippen molar-refractivity contribution in [2.24, 2.45) is 11.1 Å². The van der Waals surface area contributed by atoms with Crippen molar-refractivity contribution in [3.05, 3.63) is 36.0 Å². The number of hydrogen-bond donors (Lipinski definition) is 1. The van der Waals surface area contributed by atoms with Gasteiger partial charge < -0.3 is 5.73 Å². The largest absolute Gasteiger partial charge is 0.325 e. The van der Waals surface area contributed by atoms with Crippen molar-refractivity contribution in [2.75, 3.05) is 0 Å². The molecule has 78 valence electrons. The maximum Gasteiger partial charge on any atom is 0.0221 e. The minimum absolute atomic E-state index is 0.0514. The zero-order chi connectivity index (χ0) is 10.8. The van der Waals surface area contributed by atoms with E-state index in [9.17, 15) is 0 Å². The second-order valence-corrected chi connectivity index (χ2v) is 4.98. The normalized spacial score (nSPS) is 32.8. The number of nitrogens with two attached hydrogens (primary N) is 1. The number of hydrogen-bond acceptors (Lipinski definition) is 1. The first kappa shape index (κ1) is 11.3. The molecule has 1 aliphatic carbocycles. The lowest BCUT2D eigenvalue weighted by Gasteiger charge is -2.37. The highest BCUT2D eigenvalue weighted by atomic mass is 14.7. The van der Waals surface area contributed by atoms with Crippen LogP contribution in [0.15, 0.2) is 36.0 Å². The Morgan fingerprint density at radius 1 is 1.36 bits per heavy atom. The molecule has 0 aliphatic heterocycles. The molecule has 0 spiro atoms. The maximum absolute atomic E-state index is 6.18. The highest BCUT2D eigenvalue weighted by molar-refractivity contribution is 5.26. The Labute approximate surface area is 87.4 Å². The topological polar surface area (TPSA) is 26.0 Å². The summed E-state index contributed by atoms with van der Waals surface area (Å²) in [5.74, 6) is 0. The van der Waals surface area contributed by atoms with Gasteiger partial charge in [0.2, 0.25) is 0 Å². The van der Waals surface area contributed by atoms with E-state index in [1.54, 1.807) is 0 Å². The number of rotatable bonds is 1. The van der Waals surface area contributed by atoms with Gasteiger partial charge in [-0.3, -0.25) is 0 Å². The molecule has 0 fully saturated rings. The van der Waals surface area contributed by atoms with Crippen molar-refractivity contribution in [1.29, 1.82) is 0 Å². The van der Waals surface area contributed by atoms with Gasteiger partial charge >= 0.3 is 0 Å². The quantitative estimate of drug-likeness (QED) is 0.633. The Hall–Kier alpha value is -0.820. The van der Waals surface area contributed by atoms with Gasteiger partial charge in [0.1, 0.15) is 0 Å². The van der Waals surface area contributed by atoms with E-state index >= 15 is 0 Å². The Kier molecular flexibility index (Phi) is 3.01. The Morgan fingerprint density at radius 2 is 2.00 bits per heavy atom. The summed E-state index contributed by atoms with van der Waals surface area (Å²) in [6, 6.07) is 0. The maximum atomic E-state index is 6.18. The monoisotopic (exact) mass is 191 g/mol. The van der Waals surface area contributed by atoms with E-state index in [1.165, 1.54) is 5.57 Å². The third-order valence-corrected chi connectivity index (χ3v) is 3.12. The third kappa shape index (κ3) is 2.36. The van der Waals surface area contributed by atoms with E-state index in [4.69, 9.17) is 5.73 Å². The first-order chi connectivity index (χ1) is 6.35. The van der Waals surface area contributed by atoms with E-state index in [0.717, 1.165) is 6.42 Å². The highest BCUT2D eigenvalue weighted by Crippen LogP contribution is 2.33. The molecule has 1 nitrogen and oxygen atoms in total. The molecule has 0 saturated heterocycles. The third-order valence-electron chi connectivity index (χ3n) is 3.12. The molecule has 0 saturated carbocycles. The first-order valence-electron chi connectivity index (χ1n) is 5.17. The van der Waals surface area contributed by atoms with Gasteiger partial charge in [-0.15, -0.1) is 0 Å². The van der Waals surface area contributed by atoms with Crippen LogP contribution in [0.2, 0.25) is 0 Å². The van der Waals surface area contributed by atoms with Crippen LogP contribution in [0.5, 0.6) is 0 Å². The molecule has 0 bridgehead atoms. The van der Waals surface area contributed by atoms with Gasteiger partial charge in [0, 0.05) is 11.0 Å².